The van der Waals surface area contributed by atoms with Crippen molar-refractivity contribution in [1.29, 1.82) is 0 Å². The van der Waals surface area contributed by atoms with Gasteiger partial charge in [-0.3, -0.25) is 0 Å². The van der Waals surface area contributed by atoms with Crippen LogP contribution in [-0.4, -0.2) is 28.6 Å². The van der Waals surface area contributed by atoms with Gasteiger partial charge in [-0.2, -0.15) is 0 Å². The maximum Gasteiger partial charge on any atom is 0.335 e. The Balaban J connectivity index is 4.57. The smallest absolute Gasteiger partial charge is 0.335 e. The van der Waals surface area contributed by atoms with Crippen LogP contribution < -0.4 is 0 Å². The number of carbonyl (C=O) groups excluding carboxylic acids is 1. The molecule has 0 amide bonds. The van der Waals surface area contributed by atoms with Gasteiger partial charge in [0.2, 0.25) is 6.29 Å². The molecule has 0 aliphatic carbocycles. The van der Waals surface area contributed by atoms with Gasteiger partial charge in [0.25, 0.3) is 0 Å². The highest BCUT2D eigenvalue weighted by Gasteiger charge is 2.27. The van der Waals surface area contributed by atoms with Gasteiger partial charge in [0.15, 0.2) is 0 Å². The van der Waals surface area contributed by atoms with E-state index in [4.69, 9.17) is 4.74 Å². The molecule has 0 heterocycles. The van der Waals surface area contributed by atoms with Crippen molar-refractivity contribution in [2.75, 3.05) is 0 Å². The predicted octanol–water partition coefficient (Wildman–Crippen LogP) is 3.03. The van der Waals surface area contributed by atoms with Crippen LogP contribution in [0.25, 0.3) is 0 Å². The van der Waals surface area contributed by atoms with Crippen LogP contribution in [-0.2, 0) is 9.53 Å². The number of aliphatic hydroxyl groups is 2. The van der Waals surface area contributed by atoms with Gasteiger partial charge in [-0.25, -0.2) is 4.79 Å². The predicted molar refractivity (Wildman–Crippen MR) is 80.0 cm³/mol. The fraction of sp³-hybridized carbons (Fsp3) is 0.812. The SMILES string of the molecule is C=C(C)C(=O)OC(O)C(CC)CC(CC)C(O)CCC. The lowest BCUT2D eigenvalue weighted by atomic mass is 9.85. The van der Waals surface area contributed by atoms with Gasteiger partial charge in [0.1, 0.15) is 0 Å². The average molecular weight is 286 g/mol. The Morgan fingerprint density at radius 1 is 1.15 bits per heavy atom. The lowest BCUT2D eigenvalue weighted by Gasteiger charge is -2.28. The number of ether oxygens (including phenoxy) is 1. The number of carbonyl (C=O) groups is 1. The van der Waals surface area contributed by atoms with E-state index in [1.807, 2.05) is 20.8 Å². The molecule has 0 aromatic rings. The summed E-state index contributed by atoms with van der Waals surface area (Å²) in [6, 6.07) is 0. The third-order valence-corrected chi connectivity index (χ3v) is 3.76. The van der Waals surface area contributed by atoms with Crippen LogP contribution in [0.3, 0.4) is 0 Å². The van der Waals surface area contributed by atoms with E-state index in [0.29, 0.717) is 12.8 Å². The summed E-state index contributed by atoms with van der Waals surface area (Å²) >= 11 is 0. The van der Waals surface area contributed by atoms with Crippen LogP contribution in [0.15, 0.2) is 12.2 Å². The molecule has 0 rings (SSSR count). The van der Waals surface area contributed by atoms with Crippen molar-refractivity contribution in [2.24, 2.45) is 11.8 Å². The van der Waals surface area contributed by atoms with Gasteiger partial charge in [-0.1, -0.05) is 40.2 Å². The maximum atomic E-state index is 11.4. The van der Waals surface area contributed by atoms with E-state index >= 15 is 0 Å². The number of hydrogen-bond donors (Lipinski definition) is 2. The minimum atomic E-state index is -1.13. The molecule has 0 radical (unpaired) electrons. The van der Waals surface area contributed by atoms with E-state index in [0.717, 1.165) is 19.3 Å². The summed E-state index contributed by atoms with van der Waals surface area (Å²) in [6.07, 6.45) is 2.39. The van der Waals surface area contributed by atoms with Crippen molar-refractivity contribution in [3.05, 3.63) is 12.2 Å². The first-order valence-electron chi connectivity index (χ1n) is 7.59. The van der Waals surface area contributed by atoms with Gasteiger partial charge >= 0.3 is 5.97 Å². The third kappa shape index (κ3) is 6.53. The highest BCUT2D eigenvalue weighted by Crippen LogP contribution is 2.26. The summed E-state index contributed by atoms with van der Waals surface area (Å²) in [5.41, 5.74) is 0.275. The first-order chi connectivity index (χ1) is 9.37. The molecule has 4 atom stereocenters. The molecule has 0 fully saturated rings. The molecule has 0 saturated carbocycles. The van der Waals surface area contributed by atoms with Crippen LogP contribution in [0.2, 0.25) is 0 Å². The molecule has 0 aromatic heterocycles. The molecule has 0 spiro atoms. The van der Waals surface area contributed by atoms with Gasteiger partial charge in [-0.15, -0.1) is 0 Å². The monoisotopic (exact) mass is 286 g/mol. The highest BCUT2D eigenvalue weighted by atomic mass is 16.6. The normalized spacial score (nSPS) is 17.1. The first kappa shape index (κ1) is 19.1. The molecule has 0 bridgehead atoms. The number of aliphatic hydroxyl groups excluding tert-OH is 2. The zero-order chi connectivity index (χ0) is 15.7. The van der Waals surface area contributed by atoms with Crippen molar-refractivity contribution in [1.82, 2.24) is 0 Å². The molecule has 20 heavy (non-hydrogen) atoms. The van der Waals surface area contributed by atoms with Crippen LogP contribution in [0.5, 0.6) is 0 Å². The molecule has 0 aromatic carbocycles. The molecule has 4 unspecified atom stereocenters. The zero-order valence-electron chi connectivity index (χ0n) is 13.3. The summed E-state index contributed by atoms with van der Waals surface area (Å²) in [5.74, 6) is -0.606. The largest absolute Gasteiger partial charge is 0.432 e. The van der Waals surface area contributed by atoms with E-state index in [1.54, 1.807) is 6.92 Å². The van der Waals surface area contributed by atoms with E-state index in [9.17, 15) is 15.0 Å². The standard InChI is InChI=1S/C16H30O4/c1-6-9-14(17)12(7-2)10-13(8-3)16(19)20-15(18)11(4)5/h12-14,16-17,19H,4,6-10H2,1-3,5H3. The molecular formula is C16H30O4. The maximum absolute atomic E-state index is 11.4. The second-order valence-electron chi connectivity index (χ2n) is 5.50. The Kier molecular flexibility index (Phi) is 9.51. The molecular weight excluding hydrogens is 256 g/mol. The Morgan fingerprint density at radius 2 is 1.70 bits per heavy atom. The molecule has 2 N–H and O–H groups in total. The molecule has 118 valence electrons. The Hall–Kier alpha value is -0.870. The van der Waals surface area contributed by atoms with Crippen molar-refractivity contribution < 1.29 is 19.7 Å². The van der Waals surface area contributed by atoms with Gasteiger partial charge in [0, 0.05) is 11.5 Å². The summed E-state index contributed by atoms with van der Waals surface area (Å²) in [6.45, 7) is 11.1. The van der Waals surface area contributed by atoms with Crippen LogP contribution >= 0.6 is 0 Å². The lowest BCUT2D eigenvalue weighted by molar-refractivity contribution is -0.174. The summed E-state index contributed by atoms with van der Waals surface area (Å²) < 4.78 is 4.99. The molecule has 0 aliphatic heterocycles. The zero-order valence-corrected chi connectivity index (χ0v) is 13.3. The van der Waals surface area contributed by atoms with E-state index < -0.39 is 12.3 Å². The van der Waals surface area contributed by atoms with Crippen molar-refractivity contribution in [3.8, 4) is 0 Å². The minimum absolute atomic E-state index is 0.123. The number of hydrogen-bond acceptors (Lipinski definition) is 4. The van der Waals surface area contributed by atoms with Crippen molar-refractivity contribution in [2.45, 2.75) is 72.2 Å². The first-order valence-corrected chi connectivity index (χ1v) is 7.59. The van der Waals surface area contributed by atoms with E-state index in [1.165, 1.54) is 0 Å². The molecule has 0 aliphatic rings. The second kappa shape index (κ2) is 9.94. The molecule has 4 heteroatoms. The van der Waals surface area contributed by atoms with Gasteiger partial charge in [0.05, 0.1) is 6.10 Å². The van der Waals surface area contributed by atoms with Gasteiger partial charge < -0.3 is 14.9 Å². The fourth-order valence-electron chi connectivity index (χ4n) is 2.31. The Bertz CT molecular complexity index is 301. The van der Waals surface area contributed by atoms with E-state index in [-0.39, 0.29) is 23.5 Å². The third-order valence-electron chi connectivity index (χ3n) is 3.76. The highest BCUT2D eigenvalue weighted by molar-refractivity contribution is 5.86. The Labute approximate surface area is 122 Å². The lowest BCUT2D eigenvalue weighted by Crippen LogP contribution is -2.31. The van der Waals surface area contributed by atoms with Crippen LogP contribution in [0.4, 0.5) is 0 Å². The van der Waals surface area contributed by atoms with Crippen LogP contribution in [0, 0.1) is 11.8 Å². The summed E-state index contributed by atoms with van der Waals surface area (Å²) in [5, 5.41) is 20.1. The average Bonchev–Trinajstić information content (AvgIpc) is 2.39. The Morgan fingerprint density at radius 3 is 2.10 bits per heavy atom. The minimum Gasteiger partial charge on any atom is -0.432 e. The topological polar surface area (TPSA) is 66.8 Å². The van der Waals surface area contributed by atoms with Crippen LogP contribution in [0.1, 0.15) is 59.8 Å². The number of rotatable bonds is 10. The van der Waals surface area contributed by atoms with E-state index in [2.05, 4.69) is 6.58 Å². The van der Waals surface area contributed by atoms with Crippen molar-refractivity contribution in [3.63, 3.8) is 0 Å². The number of esters is 1. The van der Waals surface area contributed by atoms with Gasteiger partial charge in [-0.05, 0) is 32.1 Å². The fourth-order valence-corrected chi connectivity index (χ4v) is 2.31. The summed E-state index contributed by atoms with van der Waals surface area (Å²) in [4.78, 5) is 11.4. The quantitative estimate of drug-likeness (QED) is 0.368. The molecule has 4 nitrogen and oxygen atoms in total. The molecule has 0 saturated heterocycles. The second-order valence-corrected chi connectivity index (χ2v) is 5.50. The van der Waals surface area contributed by atoms with Crippen molar-refractivity contribution >= 4 is 5.97 Å². The summed E-state index contributed by atoms with van der Waals surface area (Å²) in [7, 11) is 0.